The summed E-state index contributed by atoms with van der Waals surface area (Å²) < 4.78 is 8.56. The van der Waals surface area contributed by atoms with E-state index in [1.165, 1.54) is 69.0 Å². The van der Waals surface area contributed by atoms with Crippen molar-refractivity contribution in [3.05, 3.63) is 161 Å². The zero-order chi connectivity index (χ0) is 30.4. The number of hydrogen-bond donors (Lipinski definition) is 0. The van der Waals surface area contributed by atoms with Crippen LogP contribution in [-0.2, 0) is 0 Å². The fourth-order valence-corrected chi connectivity index (χ4v) is 8.35. The van der Waals surface area contributed by atoms with Crippen LogP contribution >= 0.6 is 22.6 Å². The smallest absolute Gasteiger partial charge is 0.0674 e. The van der Waals surface area contributed by atoms with E-state index in [-0.39, 0.29) is 0 Å². The fourth-order valence-electron chi connectivity index (χ4n) is 7.61. The van der Waals surface area contributed by atoms with E-state index in [2.05, 4.69) is 194 Å². The Bertz CT molecular complexity index is 2590. The molecule has 216 valence electrons. The molecule has 0 aliphatic heterocycles. The van der Waals surface area contributed by atoms with Crippen LogP contribution in [0, 0.1) is 3.57 Å². The maximum absolute atomic E-state index is 2.50. The summed E-state index contributed by atoms with van der Waals surface area (Å²) in [5.41, 5.74) is 10.6. The van der Waals surface area contributed by atoms with Gasteiger partial charge in [-0.2, -0.15) is 0 Å². The van der Waals surface area contributed by atoms with Crippen LogP contribution in [0.15, 0.2) is 158 Å². The van der Waals surface area contributed by atoms with Crippen molar-refractivity contribution < 1.29 is 0 Å². The topological polar surface area (TPSA) is 14.8 Å². The zero-order valence-corrected chi connectivity index (χ0v) is 26.9. The molecule has 46 heavy (non-hydrogen) atoms. The van der Waals surface area contributed by atoms with Crippen molar-refractivity contribution in [2.24, 2.45) is 0 Å². The van der Waals surface area contributed by atoms with Crippen molar-refractivity contribution >= 4 is 88.0 Å². The highest BCUT2D eigenvalue weighted by Crippen LogP contribution is 2.39. The van der Waals surface area contributed by atoms with Gasteiger partial charge in [0.05, 0.1) is 50.2 Å². The Kier molecular flexibility index (Phi) is 5.55. The maximum atomic E-state index is 2.50. The second-order valence-electron chi connectivity index (χ2n) is 11.9. The predicted molar refractivity (Wildman–Crippen MR) is 202 cm³/mol. The van der Waals surface area contributed by atoms with Crippen LogP contribution in [0.5, 0.6) is 0 Å². The number of nitrogens with zero attached hydrogens (tertiary/aromatic N) is 3. The van der Waals surface area contributed by atoms with Gasteiger partial charge >= 0.3 is 0 Å². The van der Waals surface area contributed by atoms with E-state index in [1.807, 2.05) is 0 Å². The van der Waals surface area contributed by atoms with Crippen molar-refractivity contribution in [2.75, 3.05) is 0 Å². The first-order valence-corrected chi connectivity index (χ1v) is 16.6. The van der Waals surface area contributed by atoms with Crippen molar-refractivity contribution in [1.29, 1.82) is 0 Å². The molecule has 0 N–H and O–H groups in total. The zero-order valence-electron chi connectivity index (χ0n) is 24.7. The summed E-state index contributed by atoms with van der Waals surface area (Å²) >= 11 is 2.50. The summed E-state index contributed by atoms with van der Waals surface area (Å²) in [7, 11) is 0. The van der Waals surface area contributed by atoms with Crippen LogP contribution in [0.4, 0.5) is 0 Å². The van der Waals surface area contributed by atoms with Gasteiger partial charge in [-0.3, -0.25) is 0 Å². The molecule has 0 radical (unpaired) electrons. The van der Waals surface area contributed by atoms with E-state index in [0.717, 1.165) is 17.1 Å². The van der Waals surface area contributed by atoms with Crippen molar-refractivity contribution in [3.8, 4) is 17.1 Å². The minimum absolute atomic E-state index is 1.13. The molecular formula is C42H26IN3. The van der Waals surface area contributed by atoms with Gasteiger partial charge in [0, 0.05) is 35.9 Å². The van der Waals surface area contributed by atoms with Crippen molar-refractivity contribution in [2.45, 2.75) is 0 Å². The van der Waals surface area contributed by atoms with Crippen LogP contribution < -0.4 is 0 Å². The molecule has 3 heterocycles. The Balaban J connectivity index is 1.39. The monoisotopic (exact) mass is 699 g/mol. The van der Waals surface area contributed by atoms with Gasteiger partial charge in [0.2, 0.25) is 0 Å². The van der Waals surface area contributed by atoms with E-state index in [9.17, 15) is 0 Å². The van der Waals surface area contributed by atoms with Gasteiger partial charge in [0.25, 0.3) is 0 Å². The summed E-state index contributed by atoms with van der Waals surface area (Å²) in [6.07, 6.45) is 0. The summed E-state index contributed by atoms with van der Waals surface area (Å²) in [5.74, 6) is 0. The lowest BCUT2D eigenvalue weighted by Gasteiger charge is -2.17. The van der Waals surface area contributed by atoms with Crippen LogP contribution in [0.25, 0.3) is 82.5 Å². The van der Waals surface area contributed by atoms with Gasteiger partial charge in [0.15, 0.2) is 0 Å². The number of aromatic nitrogens is 3. The number of halogens is 1. The van der Waals surface area contributed by atoms with E-state index in [1.54, 1.807) is 0 Å². The Labute approximate surface area is 278 Å². The van der Waals surface area contributed by atoms with Gasteiger partial charge in [-0.15, -0.1) is 0 Å². The number of fused-ring (bicyclic) bond motifs is 9. The molecule has 0 aliphatic carbocycles. The van der Waals surface area contributed by atoms with Gasteiger partial charge < -0.3 is 13.7 Å². The molecule has 0 saturated heterocycles. The van der Waals surface area contributed by atoms with Crippen molar-refractivity contribution in [3.63, 3.8) is 0 Å². The molecule has 3 aromatic heterocycles. The lowest BCUT2D eigenvalue weighted by molar-refractivity contribution is 1.10. The van der Waals surface area contributed by atoms with Gasteiger partial charge in [-0.1, -0.05) is 103 Å². The second-order valence-corrected chi connectivity index (χ2v) is 13.1. The summed E-state index contributed by atoms with van der Waals surface area (Å²) in [6, 6.07) is 57.5. The van der Waals surface area contributed by atoms with E-state index < -0.39 is 0 Å². The second kappa shape index (κ2) is 9.83. The number of para-hydroxylation sites is 6. The molecule has 7 aromatic carbocycles. The Morgan fingerprint density at radius 2 is 0.609 bits per heavy atom. The van der Waals surface area contributed by atoms with E-state index in [0.29, 0.717) is 0 Å². The maximum Gasteiger partial charge on any atom is 0.0674 e. The third-order valence-electron chi connectivity index (χ3n) is 9.47. The highest BCUT2D eigenvalue weighted by molar-refractivity contribution is 14.1. The normalized spacial score (nSPS) is 12.0. The van der Waals surface area contributed by atoms with E-state index in [4.69, 9.17) is 0 Å². The van der Waals surface area contributed by atoms with Crippen molar-refractivity contribution in [1.82, 2.24) is 13.7 Å². The molecule has 0 bridgehead atoms. The quantitative estimate of drug-likeness (QED) is 0.163. The minimum Gasteiger partial charge on any atom is -0.309 e. The molecule has 0 unspecified atom stereocenters. The molecular weight excluding hydrogens is 673 g/mol. The molecule has 0 aliphatic rings. The molecule has 10 rings (SSSR count). The SMILES string of the molecule is Ic1cccc2c3ccccc3n(-c3cc(-n4c5ccccc5c5ccccc54)cc(-n4c5ccccc5c5ccccc54)c3)c12. The third-order valence-corrected chi connectivity index (χ3v) is 10.3. The largest absolute Gasteiger partial charge is 0.309 e. The highest BCUT2D eigenvalue weighted by atomic mass is 127. The fraction of sp³-hybridized carbons (Fsp3) is 0. The Hall–Kier alpha value is -5.33. The average Bonchev–Trinajstić information content (AvgIpc) is 3.75. The van der Waals surface area contributed by atoms with E-state index >= 15 is 0 Å². The summed E-state index contributed by atoms with van der Waals surface area (Å²) in [6.45, 7) is 0. The predicted octanol–water partition coefficient (Wildman–Crippen LogP) is 11.6. The molecule has 0 saturated carbocycles. The molecule has 0 amide bonds. The average molecular weight is 700 g/mol. The Morgan fingerprint density at radius 3 is 1.02 bits per heavy atom. The first-order chi connectivity index (χ1) is 22.8. The van der Waals surface area contributed by atoms with Crippen LogP contribution in [0.2, 0.25) is 0 Å². The summed E-state index contributed by atoms with van der Waals surface area (Å²) in [5, 5.41) is 7.56. The summed E-state index contributed by atoms with van der Waals surface area (Å²) in [4.78, 5) is 0. The molecule has 0 fully saturated rings. The highest BCUT2D eigenvalue weighted by Gasteiger charge is 2.20. The molecule has 3 nitrogen and oxygen atoms in total. The molecule has 0 spiro atoms. The van der Waals surface area contributed by atoms with Gasteiger partial charge in [-0.05, 0) is 77.2 Å². The van der Waals surface area contributed by atoms with Crippen LogP contribution in [0.3, 0.4) is 0 Å². The molecule has 0 atom stereocenters. The number of benzene rings is 7. The lowest BCUT2D eigenvalue weighted by Crippen LogP contribution is -2.03. The Morgan fingerprint density at radius 1 is 0.304 bits per heavy atom. The van der Waals surface area contributed by atoms with Crippen LogP contribution in [-0.4, -0.2) is 13.7 Å². The third kappa shape index (κ3) is 3.59. The molecule has 4 heteroatoms. The van der Waals surface area contributed by atoms with Gasteiger partial charge in [0.1, 0.15) is 0 Å². The van der Waals surface area contributed by atoms with Gasteiger partial charge in [-0.25, -0.2) is 0 Å². The standard InChI is InChI=1S/C42H26IN3/c43-36-18-11-17-35-34-16-5-10-23-41(34)46(42(35)36)29-25-27(44-37-19-6-1-12-30(37)31-13-2-7-20-38(31)44)24-28(26-29)45-39-21-8-3-14-32(39)33-15-4-9-22-40(33)45/h1-26H. The lowest BCUT2D eigenvalue weighted by atomic mass is 10.2. The first kappa shape index (κ1) is 25.9. The molecule has 10 aromatic rings. The van der Waals surface area contributed by atoms with Crippen LogP contribution in [0.1, 0.15) is 0 Å². The minimum atomic E-state index is 1.13. The first-order valence-electron chi connectivity index (χ1n) is 15.6. The number of hydrogen-bond acceptors (Lipinski definition) is 0. The number of rotatable bonds is 3.